The first kappa shape index (κ1) is 37.1. The molecule has 45 heavy (non-hydrogen) atoms. The van der Waals surface area contributed by atoms with Gasteiger partial charge in [-0.1, -0.05) is 41.5 Å². The average molecular weight is 635 g/mol. The van der Waals surface area contributed by atoms with Crippen molar-refractivity contribution in [1.82, 2.24) is 21.3 Å². The number of hydrogen-bond donors (Lipinski definition) is 4. The summed E-state index contributed by atoms with van der Waals surface area (Å²) in [4.78, 5) is 51.2. The highest BCUT2D eigenvalue weighted by atomic mass is 16.7. The molecule has 1 aliphatic heterocycles. The molecule has 0 spiro atoms. The lowest BCUT2D eigenvalue weighted by Gasteiger charge is -2.64. The molecular formula is C33H59BN4O7. The van der Waals surface area contributed by atoms with Gasteiger partial charge in [0.2, 0.25) is 17.7 Å². The van der Waals surface area contributed by atoms with E-state index in [-0.39, 0.29) is 35.2 Å². The lowest BCUT2D eigenvalue weighted by Crippen LogP contribution is -2.65. The van der Waals surface area contributed by atoms with E-state index in [2.05, 4.69) is 55.9 Å². The zero-order chi connectivity index (χ0) is 33.9. The predicted molar refractivity (Wildman–Crippen MR) is 174 cm³/mol. The third-order valence-corrected chi connectivity index (χ3v) is 9.85. The van der Waals surface area contributed by atoms with Crippen LogP contribution in [-0.2, 0) is 28.4 Å². The van der Waals surface area contributed by atoms with Gasteiger partial charge in [-0.15, -0.1) is 0 Å². The Balaban J connectivity index is 1.68. The van der Waals surface area contributed by atoms with E-state index in [9.17, 15) is 19.2 Å². The number of amides is 4. The normalized spacial score (nSPS) is 27.1. The van der Waals surface area contributed by atoms with Gasteiger partial charge in [-0.2, -0.15) is 0 Å². The van der Waals surface area contributed by atoms with Crippen LogP contribution < -0.4 is 21.3 Å². The van der Waals surface area contributed by atoms with Crippen LogP contribution >= 0.6 is 0 Å². The van der Waals surface area contributed by atoms with Crippen LogP contribution in [0.2, 0.25) is 0 Å². The van der Waals surface area contributed by atoms with Gasteiger partial charge in [-0.25, -0.2) is 4.79 Å². The molecule has 12 heteroatoms. The standard InChI is InChI=1S/C33H59BN4O7/c1-19(2)16-26(34-44-25-18-22-17-24(32(22,9)10)33(25,11)45-34)38-29(41)23(37-28(40)21(5)36-27(39)20(3)4)14-12-13-15-35-30(42)43-31(6,7)8/h19-26H,12-18H2,1-11H3,(H,35,42)(H,36,39)(H,37,40)(H,38,41)/t21-,22-,23-,24-,25+,26-,33-/m0/s1. The van der Waals surface area contributed by atoms with Gasteiger partial charge in [0.15, 0.2) is 0 Å². The van der Waals surface area contributed by atoms with Crippen LogP contribution in [0.4, 0.5) is 4.79 Å². The fourth-order valence-electron chi connectivity index (χ4n) is 7.09. The molecule has 0 aromatic carbocycles. The lowest BCUT2D eigenvalue weighted by atomic mass is 9.43. The Morgan fingerprint density at radius 3 is 2.16 bits per heavy atom. The van der Waals surface area contributed by atoms with Crippen molar-refractivity contribution in [2.24, 2.45) is 29.1 Å². The summed E-state index contributed by atoms with van der Waals surface area (Å²) in [5.74, 6) is -0.398. The van der Waals surface area contributed by atoms with Crippen molar-refractivity contribution in [3.8, 4) is 0 Å². The van der Waals surface area contributed by atoms with Gasteiger partial charge < -0.3 is 35.3 Å². The van der Waals surface area contributed by atoms with E-state index in [1.165, 1.54) is 0 Å². The summed E-state index contributed by atoms with van der Waals surface area (Å²) in [7, 11) is -0.583. The van der Waals surface area contributed by atoms with Gasteiger partial charge >= 0.3 is 13.2 Å². The molecule has 11 nitrogen and oxygen atoms in total. The number of carbonyl (C=O) groups is 4. The molecule has 256 valence electrons. The van der Waals surface area contributed by atoms with E-state index < -0.39 is 48.3 Å². The zero-order valence-electron chi connectivity index (χ0n) is 29.5. The second kappa shape index (κ2) is 14.6. The second-order valence-corrected chi connectivity index (χ2v) is 16.0. The van der Waals surface area contributed by atoms with Crippen LogP contribution in [0.5, 0.6) is 0 Å². The first-order valence-corrected chi connectivity index (χ1v) is 17.0. The van der Waals surface area contributed by atoms with Crippen LogP contribution in [0.15, 0.2) is 0 Å². The number of nitrogens with one attached hydrogen (secondary N) is 4. The van der Waals surface area contributed by atoms with Crippen molar-refractivity contribution in [3.05, 3.63) is 0 Å². The summed E-state index contributed by atoms with van der Waals surface area (Å²) in [6, 6.07) is -1.66. The Labute approximate surface area is 270 Å². The summed E-state index contributed by atoms with van der Waals surface area (Å²) in [6.07, 6.45) is 3.72. The van der Waals surface area contributed by atoms with Crippen LogP contribution in [-0.4, -0.2) is 72.8 Å². The third-order valence-electron chi connectivity index (χ3n) is 9.85. The topological polar surface area (TPSA) is 144 Å². The summed E-state index contributed by atoms with van der Waals surface area (Å²) in [5, 5.41) is 11.5. The molecule has 0 aromatic rings. The molecule has 0 aromatic heterocycles. The maximum atomic E-state index is 13.9. The number of hydrogen-bond acceptors (Lipinski definition) is 7. The molecular weight excluding hydrogens is 575 g/mol. The number of rotatable bonds is 14. The van der Waals surface area contributed by atoms with E-state index >= 15 is 0 Å². The van der Waals surface area contributed by atoms with Crippen molar-refractivity contribution in [1.29, 1.82) is 0 Å². The zero-order valence-corrected chi connectivity index (χ0v) is 29.5. The average Bonchev–Trinajstić information content (AvgIpc) is 3.27. The van der Waals surface area contributed by atoms with Gasteiger partial charge in [0, 0.05) is 12.5 Å². The van der Waals surface area contributed by atoms with E-state index in [0.717, 1.165) is 12.8 Å². The van der Waals surface area contributed by atoms with Crippen LogP contribution in [0, 0.1) is 29.1 Å². The molecule has 1 saturated heterocycles. The summed E-state index contributed by atoms with van der Waals surface area (Å²) < 4.78 is 18.5. The van der Waals surface area contributed by atoms with Gasteiger partial charge in [0.1, 0.15) is 17.7 Å². The highest BCUT2D eigenvalue weighted by molar-refractivity contribution is 6.48. The Hall–Kier alpha value is -2.34. The summed E-state index contributed by atoms with van der Waals surface area (Å²) in [6.45, 7) is 21.9. The number of ether oxygens (including phenoxy) is 1. The molecule has 3 saturated carbocycles. The van der Waals surface area contributed by atoms with E-state index in [1.54, 1.807) is 41.5 Å². The van der Waals surface area contributed by atoms with E-state index in [0.29, 0.717) is 44.1 Å². The monoisotopic (exact) mass is 634 g/mol. The minimum Gasteiger partial charge on any atom is -0.444 e. The van der Waals surface area contributed by atoms with Crippen LogP contribution in [0.25, 0.3) is 0 Å². The fraction of sp³-hybridized carbons (Fsp3) is 0.879. The fourth-order valence-corrected chi connectivity index (χ4v) is 7.09. The molecule has 7 atom stereocenters. The van der Waals surface area contributed by atoms with Crippen molar-refractivity contribution in [2.75, 3.05) is 6.54 Å². The molecule has 4 aliphatic rings. The van der Waals surface area contributed by atoms with E-state index in [1.807, 2.05) is 0 Å². The smallest absolute Gasteiger partial charge is 0.444 e. The molecule has 0 unspecified atom stereocenters. The molecule has 2 bridgehead atoms. The molecule has 0 radical (unpaired) electrons. The van der Waals surface area contributed by atoms with E-state index in [4.69, 9.17) is 14.0 Å². The molecule has 1 heterocycles. The Bertz CT molecular complexity index is 1080. The third kappa shape index (κ3) is 9.36. The Morgan fingerprint density at radius 1 is 0.911 bits per heavy atom. The maximum absolute atomic E-state index is 13.9. The molecule has 4 N–H and O–H groups in total. The molecule has 4 rings (SSSR count). The minimum absolute atomic E-state index is 0.00997. The van der Waals surface area contributed by atoms with Crippen LogP contribution in [0.1, 0.15) is 115 Å². The Morgan fingerprint density at radius 2 is 1.58 bits per heavy atom. The minimum atomic E-state index is -0.849. The quantitative estimate of drug-likeness (QED) is 0.166. The SMILES string of the molecule is CC(C)C[C@H](NC(=O)[C@H](CCCCNC(=O)OC(C)(C)C)NC(=O)[C@H](C)NC(=O)C(C)C)B1O[C@@H]2C[C@@H]3C[C@@H](C3(C)C)[C@]2(C)O1. The Kier molecular flexibility index (Phi) is 12.1. The largest absolute Gasteiger partial charge is 0.481 e. The van der Waals surface area contributed by atoms with Gasteiger partial charge in [-0.3, -0.25) is 14.4 Å². The maximum Gasteiger partial charge on any atom is 0.481 e. The predicted octanol–water partition coefficient (Wildman–Crippen LogP) is 4.13. The molecule has 3 aliphatic carbocycles. The number of unbranched alkanes of at least 4 members (excludes halogenated alkanes) is 1. The van der Waals surface area contributed by atoms with Crippen molar-refractivity contribution in [2.45, 2.75) is 150 Å². The van der Waals surface area contributed by atoms with Crippen molar-refractivity contribution >= 4 is 30.9 Å². The summed E-state index contributed by atoms with van der Waals surface area (Å²) in [5.41, 5.74) is -0.790. The summed E-state index contributed by atoms with van der Waals surface area (Å²) >= 11 is 0. The van der Waals surface area contributed by atoms with Crippen LogP contribution in [0.3, 0.4) is 0 Å². The first-order chi connectivity index (χ1) is 20.7. The molecule has 4 amide bonds. The van der Waals surface area contributed by atoms with Crippen molar-refractivity contribution in [3.63, 3.8) is 0 Å². The van der Waals surface area contributed by atoms with Gasteiger partial charge in [-0.05, 0) is 96.3 Å². The van der Waals surface area contributed by atoms with Gasteiger partial charge in [0.05, 0.1) is 17.6 Å². The van der Waals surface area contributed by atoms with Crippen molar-refractivity contribution < 1.29 is 33.2 Å². The lowest BCUT2D eigenvalue weighted by molar-refractivity contribution is -0.199. The second-order valence-electron chi connectivity index (χ2n) is 16.0. The van der Waals surface area contributed by atoms with Gasteiger partial charge in [0.25, 0.3) is 0 Å². The number of alkyl carbamates (subject to hydrolysis) is 1. The molecule has 4 fully saturated rings. The highest BCUT2D eigenvalue weighted by Crippen LogP contribution is 2.65. The first-order valence-electron chi connectivity index (χ1n) is 17.0. The number of carbonyl (C=O) groups excluding carboxylic acids is 4. The highest BCUT2D eigenvalue weighted by Gasteiger charge is 2.68.